The quantitative estimate of drug-likeness (QED) is 0.658. The van der Waals surface area contributed by atoms with Gasteiger partial charge in [0.2, 0.25) is 5.91 Å². The van der Waals surface area contributed by atoms with Gasteiger partial charge in [-0.3, -0.25) is 4.79 Å². The lowest BCUT2D eigenvalue weighted by atomic mass is 10.1. The first-order chi connectivity index (χ1) is 13.4. The van der Waals surface area contributed by atoms with E-state index in [-0.39, 0.29) is 30.0 Å². The standard InChI is InChI=1S/C20H23NO6S/c1-25-18-7-5-15(12-19(18)26-2)13-21(16-9-11-28(23,24)14-16)20(22)8-6-17-4-3-10-27-17/h3-8,10,12,16H,9,11,13-14H2,1-2H3. The van der Waals surface area contributed by atoms with Crippen molar-refractivity contribution in [2.75, 3.05) is 25.7 Å². The van der Waals surface area contributed by atoms with Gasteiger partial charge in [-0.1, -0.05) is 6.07 Å². The number of rotatable bonds is 7. The highest BCUT2D eigenvalue weighted by Crippen LogP contribution is 2.29. The van der Waals surface area contributed by atoms with Crippen LogP contribution in [-0.4, -0.2) is 51.0 Å². The Hall–Kier alpha value is -2.74. The molecule has 0 N–H and O–H groups in total. The molecule has 150 valence electrons. The zero-order valence-electron chi connectivity index (χ0n) is 15.8. The molecule has 7 nitrogen and oxygen atoms in total. The summed E-state index contributed by atoms with van der Waals surface area (Å²) in [5.41, 5.74) is 0.821. The molecule has 3 rings (SSSR count). The van der Waals surface area contributed by atoms with E-state index >= 15 is 0 Å². The van der Waals surface area contributed by atoms with E-state index in [1.54, 1.807) is 49.5 Å². The number of methoxy groups -OCH3 is 2. The molecule has 2 heterocycles. The number of furan rings is 1. The van der Waals surface area contributed by atoms with Crippen LogP contribution in [0.3, 0.4) is 0 Å². The van der Waals surface area contributed by atoms with E-state index in [2.05, 4.69) is 0 Å². The average molecular weight is 405 g/mol. The summed E-state index contributed by atoms with van der Waals surface area (Å²) in [5, 5.41) is 0. The summed E-state index contributed by atoms with van der Waals surface area (Å²) < 4.78 is 39.7. The Labute approximate surface area is 164 Å². The van der Waals surface area contributed by atoms with Crippen LogP contribution >= 0.6 is 0 Å². The molecule has 1 unspecified atom stereocenters. The van der Waals surface area contributed by atoms with Crippen molar-refractivity contribution in [3.63, 3.8) is 0 Å². The minimum absolute atomic E-state index is 0.0272. The minimum Gasteiger partial charge on any atom is -0.493 e. The predicted octanol–water partition coefficient (Wildman–Crippen LogP) is 2.53. The van der Waals surface area contributed by atoms with E-state index in [0.717, 1.165) is 5.56 Å². The number of sulfone groups is 1. The number of carbonyl (C=O) groups excluding carboxylic acids is 1. The van der Waals surface area contributed by atoms with Crippen LogP contribution in [0.4, 0.5) is 0 Å². The van der Waals surface area contributed by atoms with Gasteiger partial charge in [-0.25, -0.2) is 8.42 Å². The third-order valence-corrected chi connectivity index (χ3v) is 6.42. The highest BCUT2D eigenvalue weighted by atomic mass is 32.2. The molecule has 1 atom stereocenters. The molecule has 28 heavy (non-hydrogen) atoms. The first kappa shape index (κ1) is 20.0. The minimum atomic E-state index is -3.13. The summed E-state index contributed by atoms with van der Waals surface area (Å²) in [6.45, 7) is 0.266. The molecule has 1 fully saturated rings. The van der Waals surface area contributed by atoms with Crippen molar-refractivity contribution in [2.45, 2.75) is 19.0 Å². The van der Waals surface area contributed by atoms with E-state index in [4.69, 9.17) is 13.9 Å². The number of hydrogen-bond acceptors (Lipinski definition) is 6. The van der Waals surface area contributed by atoms with Crippen LogP contribution in [0.15, 0.2) is 47.1 Å². The Bertz CT molecular complexity index is 949. The average Bonchev–Trinajstić information content (AvgIpc) is 3.33. The molecule has 0 spiro atoms. The number of carbonyl (C=O) groups is 1. The van der Waals surface area contributed by atoms with Gasteiger partial charge in [0, 0.05) is 18.7 Å². The monoisotopic (exact) mass is 405 g/mol. The second-order valence-electron chi connectivity index (χ2n) is 6.56. The Balaban J connectivity index is 1.85. The van der Waals surface area contributed by atoms with Crippen LogP contribution in [-0.2, 0) is 21.2 Å². The lowest BCUT2D eigenvalue weighted by Crippen LogP contribution is -2.39. The molecule has 0 bridgehead atoms. The summed E-state index contributed by atoms with van der Waals surface area (Å²) in [6, 6.07) is 8.49. The van der Waals surface area contributed by atoms with Crippen LogP contribution in [0.2, 0.25) is 0 Å². The Kier molecular flexibility index (Phi) is 6.08. The van der Waals surface area contributed by atoms with Gasteiger partial charge in [-0.15, -0.1) is 0 Å². The Morgan fingerprint density at radius 1 is 1.25 bits per heavy atom. The maximum atomic E-state index is 12.9. The predicted molar refractivity (Wildman–Crippen MR) is 105 cm³/mol. The Morgan fingerprint density at radius 2 is 2.04 bits per heavy atom. The molecule has 1 aromatic carbocycles. The maximum absolute atomic E-state index is 12.9. The van der Waals surface area contributed by atoms with Gasteiger partial charge in [0.05, 0.1) is 32.0 Å². The topological polar surface area (TPSA) is 86.0 Å². The lowest BCUT2D eigenvalue weighted by molar-refractivity contribution is -0.128. The highest BCUT2D eigenvalue weighted by Gasteiger charge is 2.34. The second-order valence-corrected chi connectivity index (χ2v) is 8.79. The number of amides is 1. The highest BCUT2D eigenvalue weighted by molar-refractivity contribution is 7.91. The number of nitrogens with zero attached hydrogens (tertiary/aromatic N) is 1. The molecule has 1 aliphatic rings. The van der Waals surface area contributed by atoms with Crippen molar-refractivity contribution in [3.05, 3.63) is 54.0 Å². The Morgan fingerprint density at radius 3 is 2.64 bits per heavy atom. The van der Waals surface area contributed by atoms with Crippen LogP contribution in [0.5, 0.6) is 11.5 Å². The molecular weight excluding hydrogens is 382 g/mol. The van der Waals surface area contributed by atoms with Crippen molar-refractivity contribution >= 4 is 21.8 Å². The molecular formula is C20H23NO6S. The molecule has 0 saturated carbocycles. The van der Waals surface area contributed by atoms with Crippen LogP contribution in [0.25, 0.3) is 6.08 Å². The van der Waals surface area contributed by atoms with Crippen LogP contribution < -0.4 is 9.47 Å². The second kappa shape index (κ2) is 8.52. The van der Waals surface area contributed by atoms with Gasteiger partial charge >= 0.3 is 0 Å². The summed E-state index contributed by atoms with van der Waals surface area (Å²) in [7, 11) is -0.0355. The fourth-order valence-electron chi connectivity index (χ4n) is 3.22. The third-order valence-electron chi connectivity index (χ3n) is 4.67. The first-order valence-electron chi connectivity index (χ1n) is 8.85. The van der Waals surface area contributed by atoms with E-state index in [1.807, 2.05) is 6.07 Å². The molecule has 1 aliphatic heterocycles. The molecule has 0 aliphatic carbocycles. The zero-order valence-corrected chi connectivity index (χ0v) is 16.6. The van der Waals surface area contributed by atoms with Gasteiger partial charge in [0.25, 0.3) is 0 Å². The van der Waals surface area contributed by atoms with Crippen LogP contribution in [0, 0.1) is 0 Å². The number of ether oxygens (including phenoxy) is 2. The van der Waals surface area contributed by atoms with Crippen molar-refractivity contribution in [2.24, 2.45) is 0 Å². The SMILES string of the molecule is COc1ccc(CN(C(=O)C=Cc2ccco2)C2CCS(=O)(=O)C2)cc1OC. The molecule has 1 amide bonds. The number of hydrogen-bond donors (Lipinski definition) is 0. The lowest BCUT2D eigenvalue weighted by Gasteiger charge is -2.27. The fraction of sp³-hybridized carbons (Fsp3) is 0.350. The van der Waals surface area contributed by atoms with E-state index in [1.165, 1.54) is 12.3 Å². The summed E-state index contributed by atoms with van der Waals surface area (Å²) in [5.74, 6) is 1.49. The van der Waals surface area contributed by atoms with Gasteiger partial charge in [-0.05, 0) is 42.3 Å². The summed E-state index contributed by atoms with van der Waals surface area (Å²) >= 11 is 0. The molecule has 1 saturated heterocycles. The maximum Gasteiger partial charge on any atom is 0.247 e. The number of benzene rings is 1. The van der Waals surface area contributed by atoms with Crippen molar-refractivity contribution in [3.8, 4) is 11.5 Å². The fourth-order valence-corrected chi connectivity index (χ4v) is 4.95. The van der Waals surface area contributed by atoms with Crippen molar-refractivity contribution in [1.29, 1.82) is 0 Å². The van der Waals surface area contributed by atoms with Crippen molar-refractivity contribution < 1.29 is 27.1 Å². The summed E-state index contributed by atoms with van der Waals surface area (Å²) in [6.07, 6.45) is 4.93. The smallest absolute Gasteiger partial charge is 0.247 e. The van der Waals surface area contributed by atoms with Gasteiger partial charge in [-0.2, -0.15) is 0 Å². The van der Waals surface area contributed by atoms with Gasteiger partial charge < -0.3 is 18.8 Å². The van der Waals surface area contributed by atoms with E-state index in [9.17, 15) is 13.2 Å². The van der Waals surface area contributed by atoms with Gasteiger partial charge in [0.15, 0.2) is 21.3 Å². The first-order valence-corrected chi connectivity index (χ1v) is 10.7. The van der Waals surface area contributed by atoms with E-state index in [0.29, 0.717) is 23.7 Å². The largest absolute Gasteiger partial charge is 0.493 e. The van der Waals surface area contributed by atoms with Crippen molar-refractivity contribution in [1.82, 2.24) is 4.90 Å². The van der Waals surface area contributed by atoms with Crippen LogP contribution in [0.1, 0.15) is 17.7 Å². The third kappa shape index (κ3) is 4.75. The zero-order chi connectivity index (χ0) is 20.1. The molecule has 0 radical (unpaired) electrons. The summed E-state index contributed by atoms with van der Waals surface area (Å²) in [4.78, 5) is 14.5. The molecule has 2 aromatic rings. The normalized spacial score (nSPS) is 18.3. The molecule has 1 aromatic heterocycles. The molecule has 8 heteroatoms. The van der Waals surface area contributed by atoms with Gasteiger partial charge in [0.1, 0.15) is 5.76 Å². The van der Waals surface area contributed by atoms with E-state index < -0.39 is 9.84 Å².